The average Bonchev–Trinajstić information content (AvgIpc) is 2.49. The molecule has 0 bridgehead atoms. The van der Waals surface area contributed by atoms with Crippen molar-refractivity contribution in [3.63, 3.8) is 0 Å². The van der Waals surface area contributed by atoms with Gasteiger partial charge in [0, 0.05) is 16.2 Å². The summed E-state index contributed by atoms with van der Waals surface area (Å²) in [5.74, 6) is 0.457. The van der Waals surface area contributed by atoms with Crippen molar-refractivity contribution >= 4 is 21.6 Å². The Hall–Kier alpha value is -0.710. The highest BCUT2D eigenvalue weighted by Crippen LogP contribution is 2.42. The Bertz CT molecular complexity index is 496. The third kappa shape index (κ3) is 3.68. The van der Waals surface area contributed by atoms with Crippen LogP contribution in [0.2, 0.25) is 0 Å². The molecule has 1 aromatic rings. The zero-order chi connectivity index (χ0) is 15.1. The Morgan fingerprint density at radius 1 is 1.20 bits per heavy atom. The summed E-state index contributed by atoms with van der Waals surface area (Å²) in [5.41, 5.74) is 0.149. The molecule has 0 amide bonds. The maximum absolute atomic E-state index is 12.8. The van der Waals surface area contributed by atoms with E-state index in [0.29, 0.717) is 16.1 Å². The van der Waals surface area contributed by atoms with Gasteiger partial charge in [-0.1, -0.05) is 36.7 Å². The van der Waals surface area contributed by atoms with Crippen LogP contribution in [0.25, 0.3) is 0 Å². The van der Waals surface area contributed by atoms with E-state index < -0.39 is 11.7 Å². The maximum Gasteiger partial charge on any atom is 0.416 e. The van der Waals surface area contributed by atoms with Gasteiger partial charge in [-0.2, -0.15) is 13.2 Å². The van der Waals surface area contributed by atoms with Crippen molar-refractivity contribution in [2.75, 3.05) is 5.32 Å². The third-order valence-corrected chi connectivity index (χ3v) is 4.37. The first-order valence-corrected chi connectivity index (χ1v) is 7.50. The van der Waals surface area contributed by atoms with Crippen LogP contribution in [0.1, 0.15) is 39.2 Å². The molecule has 1 saturated carbocycles. The Kier molecular flexibility index (Phi) is 4.11. The summed E-state index contributed by atoms with van der Waals surface area (Å²) < 4.78 is 38.9. The number of alkyl halides is 3. The zero-order valence-corrected chi connectivity index (χ0v) is 13.4. The highest BCUT2D eigenvalue weighted by atomic mass is 79.9. The van der Waals surface area contributed by atoms with Gasteiger partial charge in [0.2, 0.25) is 0 Å². The van der Waals surface area contributed by atoms with Crippen LogP contribution in [0.5, 0.6) is 0 Å². The summed E-state index contributed by atoms with van der Waals surface area (Å²) in [7, 11) is 0. The average molecular weight is 350 g/mol. The van der Waals surface area contributed by atoms with E-state index >= 15 is 0 Å². The topological polar surface area (TPSA) is 12.0 Å². The lowest BCUT2D eigenvalue weighted by molar-refractivity contribution is -0.137. The number of halogens is 4. The molecule has 1 N–H and O–H groups in total. The van der Waals surface area contributed by atoms with Crippen molar-refractivity contribution < 1.29 is 13.2 Å². The summed E-state index contributed by atoms with van der Waals surface area (Å²) in [6.07, 6.45) is -2.26. The van der Waals surface area contributed by atoms with Crippen molar-refractivity contribution in [1.82, 2.24) is 0 Å². The van der Waals surface area contributed by atoms with Crippen LogP contribution in [0.15, 0.2) is 22.7 Å². The van der Waals surface area contributed by atoms with Crippen LogP contribution in [0.4, 0.5) is 18.9 Å². The van der Waals surface area contributed by atoms with Crippen LogP contribution >= 0.6 is 15.9 Å². The Morgan fingerprint density at radius 2 is 1.85 bits per heavy atom. The predicted octanol–water partition coefficient (Wildman–Crippen LogP) is 5.70. The Labute approximate surface area is 126 Å². The molecule has 1 aromatic carbocycles. The molecule has 0 heterocycles. The van der Waals surface area contributed by atoms with Crippen LogP contribution in [0.3, 0.4) is 0 Å². The lowest BCUT2D eigenvalue weighted by atomic mass is 9.91. The summed E-state index contributed by atoms with van der Waals surface area (Å²) in [6, 6.07) is 4.21. The van der Waals surface area contributed by atoms with Crippen molar-refractivity contribution in [3.8, 4) is 0 Å². The number of rotatable bonds is 2. The fourth-order valence-electron chi connectivity index (χ4n) is 3.14. The van der Waals surface area contributed by atoms with Crippen molar-refractivity contribution in [2.24, 2.45) is 11.3 Å². The minimum atomic E-state index is -4.32. The molecule has 2 atom stereocenters. The molecule has 2 rings (SSSR count). The van der Waals surface area contributed by atoms with E-state index in [-0.39, 0.29) is 11.5 Å². The number of anilines is 1. The van der Waals surface area contributed by atoms with Gasteiger partial charge >= 0.3 is 6.18 Å². The van der Waals surface area contributed by atoms with E-state index in [9.17, 15) is 13.2 Å². The second-order valence-electron chi connectivity index (χ2n) is 6.53. The Balaban J connectivity index is 2.20. The normalized spacial score (nSPS) is 25.8. The van der Waals surface area contributed by atoms with Crippen molar-refractivity contribution in [2.45, 2.75) is 45.8 Å². The second-order valence-corrected chi connectivity index (χ2v) is 7.44. The highest BCUT2D eigenvalue weighted by Gasteiger charge is 2.37. The molecule has 0 spiro atoms. The van der Waals surface area contributed by atoms with E-state index in [1.165, 1.54) is 6.07 Å². The van der Waals surface area contributed by atoms with Gasteiger partial charge in [0.1, 0.15) is 0 Å². The molecule has 0 radical (unpaired) electrons. The second kappa shape index (κ2) is 5.24. The largest absolute Gasteiger partial charge is 0.416 e. The molecular weight excluding hydrogens is 331 g/mol. The smallest absolute Gasteiger partial charge is 0.382 e. The summed E-state index contributed by atoms with van der Waals surface area (Å²) in [6.45, 7) is 6.55. The monoisotopic (exact) mass is 349 g/mol. The molecule has 0 aromatic heterocycles. The van der Waals surface area contributed by atoms with Gasteiger partial charge in [0.15, 0.2) is 0 Å². The molecule has 2 unspecified atom stereocenters. The number of nitrogens with one attached hydrogen (secondary N) is 1. The van der Waals surface area contributed by atoms with E-state index in [2.05, 4.69) is 42.0 Å². The fraction of sp³-hybridized carbons (Fsp3) is 0.600. The SMILES string of the molecule is CC1CC(C)(C)CC1Nc1cc(Br)cc(C(F)(F)F)c1. The first-order chi connectivity index (χ1) is 9.07. The first-order valence-electron chi connectivity index (χ1n) is 6.71. The first kappa shape index (κ1) is 15.7. The van der Waals surface area contributed by atoms with E-state index in [1.807, 2.05) is 0 Å². The highest BCUT2D eigenvalue weighted by molar-refractivity contribution is 9.10. The number of hydrogen-bond donors (Lipinski definition) is 1. The quantitative estimate of drug-likeness (QED) is 0.721. The molecule has 0 aliphatic heterocycles. The standard InChI is InChI=1S/C15H19BrF3N/c1-9-7-14(2,3)8-13(9)20-12-5-10(15(17,18)19)4-11(16)6-12/h4-6,9,13,20H,7-8H2,1-3H3. The molecule has 1 aliphatic carbocycles. The summed E-state index contributed by atoms with van der Waals surface area (Å²) in [5, 5.41) is 3.27. The molecule has 1 aliphatic rings. The van der Waals surface area contributed by atoms with Gasteiger partial charge in [0.25, 0.3) is 0 Å². The fourth-order valence-corrected chi connectivity index (χ4v) is 3.63. The Morgan fingerprint density at radius 3 is 2.35 bits per heavy atom. The van der Waals surface area contributed by atoms with Gasteiger partial charge in [0.05, 0.1) is 5.56 Å². The summed E-state index contributed by atoms with van der Waals surface area (Å²) in [4.78, 5) is 0. The minimum Gasteiger partial charge on any atom is -0.382 e. The number of hydrogen-bond acceptors (Lipinski definition) is 1. The molecular formula is C15H19BrF3N. The molecule has 5 heteroatoms. The van der Waals surface area contributed by atoms with E-state index in [1.54, 1.807) is 6.07 Å². The third-order valence-electron chi connectivity index (χ3n) is 3.91. The minimum absolute atomic E-state index is 0.223. The molecule has 0 saturated heterocycles. The van der Waals surface area contributed by atoms with E-state index in [4.69, 9.17) is 0 Å². The van der Waals surface area contributed by atoms with E-state index in [0.717, 1.165) is 18.9 Å². The van der Waals surface area contributed by atoms with Crippen LogP contribution < -0.4 is 5.32 Å². The van der Waals surface area contributed by atoms with Crippen molar-refractivity contribution in [3.05, 3.63) is 28.2 Å². The van der Waals surface area contributed by atoms with Gasteiger partial charge in [-0.15, -0.1) is 0 Å². The molecule has 20 heavy (non-hydrogen) atoms. The van der Waals surface area contributed by atoms with Gasteiger partial charge in [-0.3, -0.25) is 0 Å². The summed E-state index contributed by atoms with van der Waals surface area (Å²) >= 11 is 3.15. The molecule has 112 valence electrons. The van der Waals surface area contributed by atoms with Crippen LogP contribution in [-0.4, -0.2) is 6.04 Å². The number of benzene rings is 1. The lowest BCUT2D eigenvalue weighted by Gasteiger charge is -2.21. The molecule has 1 fully saturated rings. The molecule has 1 nitrogen and oxygen atoms in total. The van der Waals surface area contributed by atoms with Crippen LogP contribution in [-0.2, 0) is 6.18 Å². The zero-order valence-electron chi connectivity index (χ0n) is 11.8. The lowest BCUT2D eigenvalue weighted by Crippen LogP contribution is -2.22. The van der Waals surface area contributed by atoms with Gasteiger partial charge < -0.3 is 5.32 Å². The maximum atomic E-state index is 12.8. The van der Waals surface area contributed by atoms with Gasteiger partial charge in [-0.25, -0.2) is 0 Å². The predicted molar refractivity (Wildman–Crippen MR) is 78.7 cm³/mol. The van der Waals surface area contributed by atoms with Gasteiger partial charge in [-0.05, 0) is 42.4 Å². The van der Waals surface area contributed by atoms with Crippen LogP contribution in [0, 0.1) is 11.3 Å². The van der Waals surface area contributed by atoms with Crippen molar-refractivity contribution in [1.29, 1.82) is 0 Å².